The Morgan fingerprint density at radius 2 is 2.04 bits per heavy atom. The lowest BCUT2D eigenvalue weighted by atomic mass is 9.95. The van der Waals surface area contributed by atoms with Crippen molar-refractivity contribution in [3.05, 3.63) is 35.6 Å². The zero-order chi connectivity index (χ0) is 18.2. The van der Waals surface area contributed by atoms with Crippen molar-refractivity contribution in [2.24, 2.45) is 0 Å². The maximum atomic E-state index is 14.4. The molecule has 1 aliphatic rings. The molecule has 138 valence electrons. The van der Waals surface area contributed by atoms with E-state index in [9.17, 15) is 4.39 Å². The van der Waals surface area contributed by atoms with E-state index in [1.54, 1.807) is 16.1 Å². The number of fused-ring (bicyclic) bond motifs is 2. The van der Waals surface area contributed by atoms with Crippen molar-refractivity contribution in [2.75, 3.05) is 5.32 Å². The minimum atomic E-state index is -0.313. The van der Waals surface area contributed by atoms with E-state index >= 15 is 0 Å². The Morgan fingerprint density at radius 1 is 1.15 bits per heavy atom. The van der Waals surface area contributed by atoms with E-state index < -0.39 is 0 Å². The third-order valence-corrected chi connectivity index (χ3v) is 6.54. The molecule has 1 N–H and O–H groups in total. The minimum Gasteiger partial charge on any atom is -0.366 e. The van der Waals surface area contributed by atoms with Crippen LogP contribution < -0.4 is 5.32 Å². The van der Waals surface area contributed by atoms with E-state index in [2.05, 4.69) is 25.6 Å². The number of nitrogens with one attached hydrogen (secondary N) is 1. The molecule has 9 heteroatoms. The molecule has 1 fully saturated rings. The molecule has 0 amide bonds. The minimum absolute atomic E-state index is 0.313. The first-order valence-electron chi connectivity index (χ1n) is 8.96. The molecule has 1 saturated carbocycles. The summed E-state index contributed by atoms with van der Waals surface area (Å²) in [6.45, 7) is 0. The zero-order valence-electron chi connectivity index (χ0n) is 14.4. The highest BCUT2D eigenvalue weighted by Crippen LogP contribution is 2.33. The topological polar surface area (TPSA) is 68.0 Å². The van der Waals surface area contributed by atoms with Gasteiger partial charge in [-0.1, -0.05) is 19.3 Å². The normalized spacial score (nSPS) is 15.6. The summed E-state index contributed by atoms with van der Waals surface area (Å²) in [6, 6.07) is 7.54. The van der Waals surface area contributed by atoms with Gasteiger partial charge >= 0.3 is 0 Å². The number of anilines is 1. The molecule has 0 saturated heterocycles. The number of thiazole rings is 1. The lowest BCUT2D eigenvalue weighted by molar-refractivity contribution is 0.461. The van der Waals surface area contributed by atoms with E-state index in [-0.39, 0.29) is 5.82 Å². The van der Waals surface area contributed by atoms with Gasteiger partial charge in [0.15, 0.2) is 5.65 Å². The molecule has 4 aromatic rings. The van der Waals surface area contributed by atoms with Gasteiger partial charge in [0, 0.05) is 12.1 Å². The molecule has 0 aliphatic heterocycles. The van der Waals surface area contributed by atoms with Gasteiger partial charge < -0.3 is 5.32 Å². The molecule has 0 bridgehead atoms. The Hall–Kier alpha value is -2.26. The van der Waals surface area contributed by atoms with Crippen LogP contribution in [-0.2, 0) is 0 Å². The number of hydrogen-bond donors (Lipinski definition) is 1. The largest absolute Gasteiger partial charge is 0.366 e. The number of benzene rings is 1. The van der Waals surface area contributed by atoms with Crippen LogP contribution in [0.4, 0.5) is 10.2 Å². The highest BCUT2D eigenvalue weighted by molar-refractivity contribution is 7.99. The number of nitrogens with zero attached hydrogens (tertiary/aromatic N) is 5. The Bertz CT molecular complexity index is 1100. The van der Waals surface area contributed by atoms with Crippen LogP contribution in [0.2, 0.25) is 0 Å². The third kappa shape index (κ3) is 3.37. The van der Waals surface area contributed by atoms with Gasteiger partial charge in [0.2, 0.25) is 5.16 Å². The summed E-state index contributed by atoms with van der Waals surface area (Å²) >= 11 is 2.72. The molecule has 3 aromatic heterocycles. The van der Waals surface area contributed by atoms with Crippen LogP contribution in [-0.4, -0.2) is 30.8 Å². The Kier molecular flexibility index (Phi) is 4.41. The fourth-order valence-corrected chi connectivity index (χ4v) is 5.01. The molecule has 0 unspecified atom stereocenters. The van der Waals surface area contributed by atoms with Gasteiger partial charge in [0.05, 0.1) is 20.6 Å². The van der Waals surface area contributed by atoms with E-state index in [0.29, 0.717) is 27.3 Å². The Balaban J connectivity index is 1.45. The monoisotopic (exact) mass is 400 g/mol. The maximum absolute atomic E-state index is 14.4. The van der Waals surface area contributed by atoms with Crippen LogP contribution in [0.5, 0.6) is 0 Å². The highest BCUT2D eigenvalue weighted by atomic mass is 32.2. The molecule has 3 heterocycles. The van der Waals surface area contributed by atoms with Crippen molar-refractivity contribution >= 4 is 44.8 Å². The van der Waals surface area contributed by atoms with E-state index in [1.807, 2.05) is 12.1 Å². The van der Waals surface area contributed by atoms with Crippen molar-refractivity contribution < 1.29 is 4.39 Å². The van der Waals surface area contributed by atoms with Crippen LogP contribution in [0.1, 0.15) is 32.1 Å². The Labute approximate surface area is 163 Å². The average molecular weight is 401 g/mol. The lowest BCUT2D eigenvalue weighted by Crippen LogP contribution is -2.23. The molecular formula is C18H17FN6S2. The maximum Gasteiger partial charge on any atom is 0.217 e. The summed E-state index contributed by atoms with van der Waals surface area (Å²) in [5.74, 6) is 0.487. The van der Waals surface area contributed by atoms with Crippen LogP contribution in [0.25, 0.3) is 15.9 Å². The Morgan fingerprint density at radius 3 is 2.93 bits per heavy atom. The molecule has 1 aromatic carbocycles. The summed E-state index contributed by atoms with van der Waals surface area (Å²) in [5, 5.41) is 17.0. The molecule has 5 rings (SSSR count). The second-order valence-corrected chi connectivity index (χ2v) is 8.55. The molecule has 27 heavy (non-hydrogen) atoms. The van der Waals surface area contributed by atoms with E-state index in [0.717, 1.165) is 10.5 Å². The van der Waals surface area contributed by atoms with Crippen LogP contribution in [0.15, 0.2) is 39.8 Å². The molecule has 0 radical (unpaired) electrons. The quantitative estimate of drug-likeness (QED) is 0.532. The third-order valence-electron chi connectivity index (χ3n) is 4.78. The van der Waals surface area contributed by atoms with Crippen LogP contribution >= 0.6 is 23.1 Å². The van der Waals surface area contributed by atoms with Gasteiger partial charge in [0.25, 0.3) is 0 Å². The number of rotatable bonds is 4. The van der Waals surface area contributed by atoms with Gasteiger partial charge in [-0.25, -0.2) is 9.37 Å². The van der Waals surface area contributed by atoms with Gasteiger partial charge in [-0.15, -0.1) is 26.6 Å². The van der Waals surface area contributed by atoms with Gasteiger partial charge in [0.1, 0.15) is 11.6 Å². The standard InChI is InChI=1S/C18H17FN6S2/c19-12-8-13-15(26-10-20-13)9-14(12)27-18-23-22-17-7-6-16(24-25(17)18)21-11-4-2-1-3-5-11/h6-11H,1-5H2,(H,21,24). The van der Waals surface area contributed by atoms with Crippen molar-refractivity contribution in [3.63, 3.8) is 0 Å². The summed E-state index contributed by atoms with van der Waals surface area (Å²) in [7, 11) is 0. The highest BCUT2D eigenvalue weighted by Gasteiger charge is 2.16. The van der Waals surface area contributed by atoms with Gasteiger partial charge in [-0.3, -0.25) is 0 Å². The molecule has 6 nitrogen and oxygen atoms in total. The smallest absolute Gasteiger partial charge is 0.217 e. The lowest BCUT2D eigenvalue weighted by Gasteiger charge is -2.23. The molecule has 0 spiro atoms. The van der Waals surface area contributed by atoms with Crippen LogP contribution in [0, 0.1) is 5.82 Å². The summed E-state index contributed by atoms with van der Waals surface area (Å²) in [4.78, 5) is 4.64. The van der Waals surface area contributed by atoms with Gasteiger partial charge in [-0.2, -0.15) is 4.52 Å². The zero-order valence-corrected chi connectivity index (χ0v) is 16.1. The summed E-state index contributed by atoms with van der Waals surface area (Å²) in [6.07, 6.45) is 6.17. The number of halogens is 1. The predicted octanol–water partition coefficient (Wildman–Crippen LogP) is 4.77. The van der Waals surface area contributed by atoms with Crippen molar-refractivity contribution in [2.45, 2.75) is 48.2 Å². The summed E-state index contributed by atoms with van der Waals surface area (Å²) in [5.41, 5.74) is 3.03. The number of aromatic nitrogens is 5. The average Bonchev–Trinajstić information content (AvgIpc) is 3.29. The van der Waals surface area contributed by atoms with Gasteiger partial charge in [-0.05, 0) is 42.8 Å². The second-order valence-electron chi connectivity index (χ2n) is 6.66. The first-order chi connectivity index (χ1) is 13.3. The number of hydrogen-bond acceptors (Lipinski definition) is 7. The van der Waals surface area contributed by atoms with Crippen LogP contribution in [0.3, 0.4) is 0 Å². The van der Waals surface area contributed by atoms with Crippen molar-refractivity contribution in [3.8, 4) is 0 Å². The van der Waals surface area contributed by atoms with E-state index in [1.165, 1.54) is 61.3 Å². The fraction of sp³-hybridized carbons (Fsp3) is 0.333. The van der Waals surface area contributed by atoms with Crippen molar-refractivity contribution in [1.29, 1.82) is 0 Å². The SMILES string of the molecule is Fc1cc2ncsc2cc1Sc1nnc2ccc(NC3CCCCC3)nn12. The first-order valence-corrected chi connectivity index (χ1v) is 10.7. The first kappa shape index (κ1) is 16.9. The predicted molar refractivity (Wildman–Crippen MR) is 105 cm³/mol. The van der Waals surface area contributed by atoms with E-state index in [4.69, 9.17) is 0 Å². The molecule has 1 aliphatic carbocycles. The molecular weight excluding hydrogens is 383 g/mol. The summed E-state index contributed by atoms with van der Waals surface area (Å²) < 4.78 is 17.0. The molecule has 0 atom stereocenters. The fourth-order valence-electron chi connectivity index (χ4n) is 3.40. The second kappa shape index (κ2) is 7.05. The van der Waals surface area contributed by atoms with Crippen molar-refractivity contribution in [1.82, 2.24) is 24.8 Å².